The van der Waals surface area contributed by atoms with E-state index in [0.29, 0.717) is 48.4 Å². The Morgan fingerprint density at radius 2 is 0.697 bits per heavy atom. The van der Waals surface area contributed by atoms with E-state index in [1.54, 1.807) is 0 Å². The third-order valence-corrected chi connectivity index (χ3v) is 14.8. The highest BCUT2D eigenvalue weighted by atomic mass is 35.5. The Bertz CT molecular complexity index is 2430. The zero-order valence-corrected chi connectivity index (χ0v) is 42.6. The van der Waals surface area contributed by atoms with Gasteiger partial charge in [-0.2, -0.15) is 0 Å². The van der Waals surface area contributed by atoms with E-state index in [1.807, 2.05) is 12.1 Å². The van der Waals surface area contributed by atoms with Crippen molar-refractivity contribution in [2.24, 2.45) is 0 Å². The fourth-order valence-electron chi connectivity index (χ4n) is 11.4. The number of likely N-dealkylation sites (tertiary alicyclic amines) is 2. The van der Waals surface area contributed by atoms with Crippen LogP contribution in [-0.2, 0) is 0 Å². The maximum Gasteiger partial charge on any atom is 0.261 e. The first-order valence-electron chi connectivity index (χ1n) is 22.6. The van der Waals surface area contributed by atoms with Crippen molar-refractivity contribution in [1.82, 2.24) is 29.4 Å². The van der Waals surface area contributed by atoms with E-state index in [0.717, 1.165) is 159 Å². The van der Waals surface area contributed by atoms with E-state index in [1.165, 1.54) is 22.6 Å². The number of fused-ring (bicyclic) bond motifs is 2. The van der Waals surface area contributed by atoms with Gasteiger partial charge < -0.3 is 29.4 Å². The predicted molar refractivity (Wildman–Crippen MR) is 282 cm³/mol. The molecule has 5 aromatic rings. The standard InChI is InChI=1S/C48H56N8O4.6ClH/c1-49-17-23-53(24-18-49)37-29-35-39-33(45(57)55(47(35)59)27-21-51-13-5-3-6-14-51)12-10-32-42-38(54-25-19-50(2)20-26-54)30-36-40-34(11-9-31(44(40)42)41(37)43(32)39)46(58)56(48(36)60)28-22-52-15-7-4-8-16-52;;;;;;/h9-12,29-30H,3-8,13-28H2,1-2H3;6*1H. The van der Waals surface area contributed by atoms with Crippen LogP contribution in [0.15, 0.2) is 36.4 Å². The van der Waals surface area contributed by atoms with Crippen LogP contribution < -0.4 is 9.80 Å². The molecule has 6 heterocycles. The number of likely N-dealkylation sites (N-methyl/N-ethyl adjacent to an activating group) is 2. The van der Waals surface area contributed by atoms with Crippen molar-refractivity contribution in [1.29, 1.82) is 0 Å². The Labute approximate surface area is 424 Å². The second-order valence-electron chi connectivity index (χ2n) is 18.4. The van der Waals surface area contributed by atoms with Crippen molar-refractivity contribution in [3.8, 4) is 0 Å². The highest BCUT2D eigenvalue weighted by Crippen LogP contribution is 2.52. The van der Waals surface area contributed by atoms with Crippen molar-refractivity contribution in [2.75, 3.05) is 129 Å². The van der Waals surface area contributed by atoms with Crippen LogP contribution in [0.1, 0.15) is 80.0 Å². The summed E-state index contributed by atoms with van der Waals surface area (Å²) >= 11 is 0. The van der Waals surface area contributed by atoms with Crippen LogP contribution in [0.4, 0.5) is 11.4 Å². The molecule has 0 saturated carbocycles. The largest absolute Gasteiger partial charge is 0.368 e. The first-order chi connectivity index (χ1) is 29.3. The van der Waals surface area contributed by atoms with Crippen molar-refractivity contribution < 1.29 is 19.2 Å². The van der Waals surface area contributed by atoms with E-state index in [2.05, 4.69) is 67.8 Å². The Balaban J connectivity index is 0.00000136. The molecule has 66 heavy (non-hydrogen) atoms. The molecule has 4 saturated heterocycles. The zero-order chi connectivity index (χ0) is 40.8. The van der Waals surface area contributed by atoms with Crippen molar-refractivity contribution in [3.05, 3.63) is 58.7 Å². The SMILES string of the molecule is CN1CCN(c2cc3c4c(ccc5c6c(N7CCN(C)CC7)cc7c8c(ccc(c2c45)c86)C(=O)N(CCN2CCCCC2)C7=O)C(=O)N(CCN2CCCCC2)C3=O)CC1.Cl.Cl.Cl.Cl.Cl.Cl. The quantitative estimate of drug-likeness (QED) is 0.0868. The van der Waals surface area contributed by atoms with Gasteiger partial charge in [0.05, 0.1) is 11.1 Å². The summed E-state index contributed by atoms with van der Waals surface area (Å²) in [6, 6.07) is 12.2. The number of hydrogen-bond acceptors (Lipinski definition) is 10. The van der Waals surface area contributed by atoms with Gasteiger partial charge in [0.1, 0.15) is 0 Å². The molecule has 6 aliphatic rings. The van der Waals surface area contributed by atoms with E-state index in [-0.39, 0.29) is 98.1 Å². The number of anilines is 2. The fraction of sp³-hybridized carbons (Fsp3) is 0.500. The van der Waals surface area contributed by atoms with Gasteiger partial charge in [0.15, 0.2) is 0 Å². The van der Waals surface area contributed by atoms with Crippen LogP contribution in [0.3, 0.4) is 0 Å². The van der Waals surface area contributed by atoms with Crippen LogP contribution in [0.5, 0.6) is 0 Å². The molecule has 0 aliphatic carbocycles. The second-order valence-corrected chi connectivity index (χ2v) is 18.4. The summed E-state index contributed by atoms with van der Waals surface area (Å²) in [4.78, 5) is 76.1. The highest BCUT2D eigenvalue weighted by molar-refractivity contribution is 6.44. The summed E-state index contributed by atoms with van der Waals surface area (Å²) in [5.41, 5.74) is 4.26. The molecule has 6 aliphatic heterocycles. The molecular weight excluding hydrogens is 965 g/mol. The van der Waals surface area contributed by atoms with Gasteiger partial charge >= 0.3 is 0 Å². The number of carbonyl (C=O) groups is 4. The van der Waals surface area contributed by atoms with Crippen molar-refractivity contribution in [3.63, 3.8) is 0 Å². The van der Waals surface area contributed by atoms with Gasteiger partial charge in [0.25, 0.3) is 23.6 Å². The molecule has 0 N–H and O–H groups in total. The summed E-state index contributed by atoms with van der Waals surface area (Å²) in [7, 11) is 4.29. The smallest absolute Gasteiger partial charge is 0.261 e. The molecule has 5 aromatic carbocycles. The average Bonchev–Trinajstić information content (AvgIpc) is 3.27. The van der Waals surface area contributed by atoms with Gasteiger partial charge in [-0.15, -0.1) is 74.4 Å². The summed E-state index contributed by atoms with van der Waals surface area (Å²) in [6.07, 6.45) is 7.06. The molecule has 12 nitrogen and oxygen atoms in total. The van der Waals surface area contributed by atoms with Gasteiger partial charge in [-0.3, -0.25) is 29.0 Å². The topological polar surface area (TPSA) is 94.2 Å². The van der Waals surface area contributed by atoms with Crippen LogP contribution in [0, 0.1) is 0 Å². The summed E-state index contributed by atoms with van der Waals surface area (Å²) < 4.78 is 0. The maximum absolute atomic E-state index is 14.8. The first-order valence-corrected chi connectivity index (χ1v) is 22.6. The zero-order valence-electron chi connectivity index (χ0n) is 37.7. The van der Waals surface area contributed by atoms with Crippen LogP contribution in [0.25, 0.3) is 43.1 Å². The molecular formula is C48H62Cl6N8O4. The minimum Gasteiger partial charge on any atom is -0.368 e. The molecule has 0 atom stereocenters. The number of nitrogens with zero attached hydrogens (tertiary/aromatic N) is 8. The van der Waals surface area contributed by atoms with Gasteiger partial charge in [-0.05, 0) is 101 Å². The molecule has 4 amide bonds. The number of benzene rings is 5. The molecule has 0 radical (unpaired) electrons. The second kappa shape index (κ2) is 21.7. The Kier molecular flexibility index (Phi) is 17.7. The number of piperazine rings is 2. The van der Waals surface area contributed by atoms with Crippen LogP contribution in [-0.4, -0.2) is 172 Å². The number of piperidine rings is 2. The van der Waals surface area contributed by atoms with Crippen LogP contribution in [0.2, 0.25) is 0 Å². The van der Waals surface area contributed by atoms with Crippen LogP contribution >= 0.6 is 74.4 Å². The highest BCUT2D eigenvalue weighted by Gasteiger charge is 2.40. The summed E-state index contributed by atoms with van der Waals surface area (Å²) in [5.74, 6) is -0.907. The number of carbonyl (C=O) groups excluding carboxylic acids is 4. The molecule has 18 heteroatoms. The molecule has 11 rings (SSSR count). The molecule has 0 spiro atoms. The van der Waals surface area contributed by atoms with Crippen molar-refractivity contribution in [2.45, 2.75) is 38.5 Å². The van der Waals surface area contributed by atoms with E-state index < -0.39 is 0 Å². The number of hydrogen-bond donors (Lipinski definition) is 0. The lowest BCUT2D eigenvalue weighted by atomic mass is 9.80. The lowest BCUT2D eigenvalue weighted by Gasteiger charge is -2.38. The van der Waals surface area contributed by atoms with Gasteiger partial charge in [-0.25, -0.2) is 0 Å². The Morgan fingerprint density at radius 3 is 1.05 bits per heavy atom. The summed E-state index contributed by atoms with van der Waals surface area (Å²) in [5, 5.41) is 7.21. The third kappa shape index (κ3) is 8.86. The molecule has 360 valence electrons. The van der Waals surface area contributed by atoms with E-state index in [9.17, 15) is 19.2 Å². The summed E-state index contributed by atoms with van der Waals surface area (Å²) in [6.45, 7) is 12.8. The monoisotopic (exact) mass is 1020 g/mol. The van der Waals surface area contributed by atoms with E-state index >= 15 is 0 Å². The molecule has 0 bridgehead atoms. The number of amides is 4. The van der Waals surface area contributed by atoms with E-state index in [4.69, 9.17) is 0 Å². The molecule has 0 aromatic heterocycles. The average molecular weight is 1030 g/mol. The van der Waals surface area contributed by atoms with Crippen molar-refractivity contribution >= 4 is 153 Å². The number of halogens is 6. The minimum atomic E-state index is -0.231. The number of rotatable bonds is 8. The van der Waals surface area contributed by atoms with Gasteiger partial charge in [-0.1, -0.05) is 25.0 Å². The lowest BCUT2D eigenvalue weighted by Crippen LogP contribution is -2.46. The predicted octanol–water partition coefficient (Wildman–Crippen LogP) is 7.94. The fourth-order valence-corrected chi connectivity index (χ4v) is 11.4. The Morgan fingerprint density at radius 1 is 0.364 bits per heavy atom. The van der Waals surface area contributed by atoms with Gasteiger partial charge in [0, 0.05) is 133 Å². The Hall–Kier alpha value is -3.14. The molecule has 0 unspecified atom stereocenters. The lowest BCUT2D eigenvalue weighted by molar-refractivity contribution is 0.0573. The normalized spacial score (nSPS) is 19.7. The minimum absolute atomic E-state index is 0. The maximum atomic E-state index is 14.8. The first kappa shape index (κ1) is 53.8. The molecule has 4 fully saturated rings. The number of imide groups is 2. The van der Waals surface area contributed by atoms with Gasteiger partial charge in [0.2, 0.25) is 0 Å². The third-order valence-electron chi connectivity index (χ3n) is 14.8.